The van der Waals surface area contributed by atoms with E-state index in [1.807, 2.05) is 49.6 Å². The number of benzene rings is 1. The van der Waals surface area contributed by atoms with Gasteiger partial charge in [0.05, 0.1) is 26.0 Å². The molecule has 1 aromatic rings. The van der Waals surface area contributed by atoms with E-state index in [0.29, 0.717) is 38.6 Å². The van der Waals surface area contributed by atoms with Crippen LogP contribution >= 0.6 is 0 Å². The van der Waals surface area contributed by atoms with Crippen LogP contribution < -0.4 is 5.43 Å². The summed E-state index contributed by atoms with van der Waals surface area (Å²) in [6.45, 7) is 5.71. The third-order valence-electron chi connectivity index (χ3n) is 5.43. The highest BCUT2D eigenvalue weighted by Crippen LogP contribution is 2.12. The number of nitrogens with zero attached hydrogens (tertiary/aromatic N) is 5. The van der Waals surface area contributed by atoms with Gasteiger partial charge in [0, 0.05) is 25.7 Å². The number of amidine groups is 2. The number of hydrogen-bond acceptors (Lipinski definition) is 8. The molecule has 1 saturated heterocycles. The zero-order valence-electron chi connectivity index (χ0n) is 18.9. The Morgan fingerprint density at radius 2 is 2.21 bits per heavy atom. The molecule has 3 heterocycles. The fourth-order valence-electron chi connectivity index (χ4n) is 3.67. The standard InChI is InChI=1S/C24H30N6O3/c1-19-5-4-6-20(17-19)18-25-28-21-8-9-22(29-11-14-32-15-12-29)27-24(26-21)33-16-13-30-10-3-2-7-23(30)31/h3-6,8-10,17-18,22H,2,7,11-16H2,1H3,(H,26,27,28)/b25-18+. The van der Waals surface area contributed by atoms with E-state index in [1.165, 1.54) is 5.56 Å². The van der Waals surface area contributed by atoms with Crippen LogP contribution in [0, 0.1) is 6.92 Å². The number of ether oxygens (including phenoxy) is 2. The number of hydrogen-bond donors (Lipinski definition) is 1. The minimum atomic E-state index is -0.204. The molecule has 1 aromatic carbocycles. The first-order valence-electron chi connectivity index (χ1n) is 11.3. The van der Waals surface area contributed by atoms with E-state index in [4.69, 9.17) is 14.5 Å². The SMILES string of the molecule is Cc1cccc(/C=N/NC2=NC(OCCN3C=CCCC3=O)=NC(N3CCOCC3)C=C2)c1. The summed E-state index contributed by atoms with van der Waals surface area (Å²) in [5.74, 6) is 0.635. The van der Waals surface area contributed by atoms with Crippen molar-refractivity contribution in [2.75, 3.05) is 39.5 Å². The summed E-state index contributed by atoms with van der Waals surface area (Å²) < 4.78 is 11.4. The maximum Gasteiger partial charge on any atom is 0.315 e. The fourth-order valence-corrected chi connectivity index (χ4v) is 3.67. The number of hydrazone groups is 1. The highest BCUT2D eigenvalue weighted by molar-refractivity contribution is 6.01. The first kappa shape index (κ1) is 22.9. The second-order valence-electron chi connectivity index (χ2n) is 7.97. The van der Waals surface area contributed by atoms with Crippen LogP contribution in [0.2, 0.25) is 0 Å². The van der Waals surface area contributed by atoms with Crippen LogP contribution in [-0.4, -0.2) is 79.4 Å². The summed E-state index contributed by atoms with van der Waals surface area (Å²) in [7, 11) is 0. The third-order valence-corrected chi connectivity index (χ3v) is 5.43. The van der Waals surface area contributed by atoms with Gasteiger partial charge in [-0.2, -0.15) is 10.1 Å². The van der Waals surface area contributed by atoms with E-state index in [9.17, 15) is 4.79 Å². The molecule has 1 N–H and O–H groups in total. The molecule has 3 aliphatic heterocycles. The van der Waals surface area contributed by atoms with Gasteiger partial charge in [-0.15, -0.1) is 0 Å². The average molecular weight is 451 g/mol. The summed E-state index contributed by atoms with van der Waals surface area (Å²) in [5, 5.41) is 4.32. The number of rotatable bonds is 6. The lowest BCUT2D eigenvalue weighted by Crippen LogP contribution is -2.42. The van der Waals surface area contributed by atoms with Crippen LogP contribution in [0.1, 0.15) is 24.0 Å². The molecule has 0 radical (unpaired) electrons. The van der Waals surface area contributed by atoms with Crippen LogP contribution in [0.4, 0.5) is 0 Å². The van der Waals surface area contributed by atoms with Gasteiger partial charge >= 0.3 is 6.02 Å². The topological polar surface area (TPSA) is 91.1 Å². The Bertz CT molecular complexity index is 978. The Hall–Kier alpha value is -3.30. The summed E-state index contributed by atoms with van der Waals surface area (Å²) >= 11 is 0. The average Bonchev–Trinajstić information content (AvgIpc) is 3.03. The number of morpholine rings is 1. The van der Waals surface area contributed by atoms with Crippen LogP contribution in [0.5, 0.6) is 0 Å². The number of carbonyl (C=O) groups excluding carboxylic acids is 1. The molecular weight excluding hydrogens is 420 g/mol. The van der Waals surface area contributed by atoms with Crippen molar-refractivity contribution < 1.29 is 14.3 Å². The molecule has 9 heteroatoms. The Morgan fingerprint density at radius 1 is 1.33 bits per heavy atom. The van der Waals surface area contributed by atoms with Crippen molar-refractivity contribution in [2.45, 2.75) is 25.9 Å². The predicted molar refractivity (Wildman–Crippen MR) is 128 cm³/mol. The molecule has 0 aliphatic carbocycles. The molecule has 0 saturated carbocycles. The summed E-state index contributed by atoms with van der Waals surface area (Å²) in [6, 6.07) is 8.34. The van der Waals surface area contributed by atoms with Crippen LogP contribution in [0.3, 0.4) is 0 Å². The summed E-state index contributed by atoms with van der Waals surface area (Å²) in [5.41, 5.74) is 5.15. The van der Waals surface area contributed by atoms with E-state index in [-0.39, 0.29) is 18.1 Å². The van der Waals surface area contributed by atoms with Crippen LogP contribution in [0.25, 0.3) is 0 Å². The van der Waals surface area contributed by atoms with E-state index in [2.05, 4.69) is 26.5 Å². The maximum atomic E-state index is 12.0. The van der Waals surface area contributed by atoms with Crippen molar-refractivity contribution >= 4 is 24.0 Å². The Labute approximate surface area is 194 Å². The number of nitrogens with one attached hydrogen (secondary N) is 1. The molecule has 9 nitrogen and oxygen atoms in total. The minimum Gasteiger partial charge on any atom is -0.462 e. The smallest absolute Gasteiger partial charge is 0.315 e. The number of amides is 1. The molecule has 0 aromatic heterocycles. The zero-order chi connectivity index (χ0) is 22.9. The Kier molecular flexibility index (Phi) is 7.99. The van der Waals surface area contributed by atoms with Crippen LogP contribution in [0.15, 0.2) is 63.8 Å². The van der Waals surface area contributed by atoms with Gasteiger partial charge in [-0.05, 0) is 31.1 Å². The maximum absolute atomic E-state index is 12.0. The van der Waals surface area contributed by atoms with Crippen LogP contribution in [-0.2, 0) is 14.3 Å². The first-order chi connectivity index (χ1) is 16.2. The molecule has 1 unspecified atom stereocenters. The lowest BCUT2D eigenvalue weighted by Gasteiger charge is -2.30. The number of carbonyl (C=O) groups is 1. The van der Waals surface area contributed by atoms with Gasteiger partial charge in [0.2, 0.25) is 5.91 Å². The summed E-state index contributed by atoms with van der Waals surface area (Å²) in [4.78, 5) is 25.1. The highest BCUT2D eigenvalue weighted by Gasteiger charge is 2.21. The molecule has 4 rings (SSSR count). The minimum absolute atomic E-state index is 0.105. The molecule has 0 spiro atoms. The highest BCUT2D eigenvalue weighted by atomic mass is 16.5. The molecule has 1 fully saturated rings. The van der Waals surface area contributed by atoms with Crippen molar-refractivity contribution in [1.82, 2.24) is 15.2 Å². The lowest BCUT2D eigenvalue weighted by molar-refractivity contribution is -0.129. The molecule has 0 bridgehead atoms. The number of allylic oxidation sites excluding steroid dienone is 1. The summed E-state index contributed by atoms with van der Waals surface area (Å²) in [6.07, 6.45) is 10.5. The molecule has 174 valence electrons. The molecular formula is C24H30N6O3. The van der Waals surface area contributed by atoms with Gasteiger partial charge in [-0.3, -0.25) is 15.1 Å². The molecule has 3 aliphatic rings. The largest absolute Gasteiger partial charge is 0.462 e. The van der Waals surface area contributed by atoms with E-state index in [1.54, 1.807) is 11.1 Å². The predicted octanol–water partition coefficient (Wildman–Crippen LogP) is 2.05. The van der Waals surface area contributed by atoms with Crippen molar-refractivity contribution in [1.29, 1.82) is 0 Å². The molecule has 1 atom stereocenters. The van der Waals surface area contributed by atoms with Crippen molar-refractivity contribution in [3.63, 3.8) is 0 Å². The Morgan fingerprint density at radius 3 is 3.03 bits per heavy atom. The lowest BCUT2D eigenvalue weighted by atomic mass is 10.2. The van der Waals surface area contributed by atoms with Gasteiger partial charge in [0.1, 0.15) is 12.8 Å². The van der Waals surface area contributed by atoms with Gasteiger partial charge < -0.3 is 14.4 Å². The van der Waals surface area contributed by atoms with Gasteiger partial charge in [0.25, 0.3) is 0 Å². The third kappa shape index (κ3) is 6.84. The fraction of sp³-hybridized carbons (Fsp3) is 0.417. The van der Waals surface area contributed by atoms with Gasteiger partial charge in [-0.25, -0.2) is 4.99 Å². The van der Waals surface area contributed by atoms with E-state index in [0.717, 1.165) is 25.1 Å². The second kappa shape index (κ2) is 11.5. The van der Waals surface area contributed by atoms with Gasteiger partial charge in [-0.1, -0.05) is 35.9 Å². The monoisotopic (exact) mass is 450 g/mol. The van der Waals surface area contributed by atoms with E-state index < -0.39 is 0 Å². The van der Waals surface area contributed by atoms with Crippen molar-refractivity contribution in [3.05, 3.63) is 59.8 Å². The second-order valence-corrected chi connectivity index (χ2v) is 7.97. The Balaban J connectivity index is 1.43. The molecule has 1 amide bonds. The number of aryl methyl sites for hydroxylation is 1. The zero-order valence-corrected chi connectivity index (χ0v) is 18.9. The van der Waals surface area contributed by atoms with E-state index >= 15 is 0 Å². The quantitative estimate of drug-likeness (QED) is 0.529. The van der Waals surface area contributed by atoms with Gasteiger partial charge in [0.15, 0.2) is 5.84 Å². The van der Waals surface area contributed by atoms with Crippen molar-refractivity contribution in [3.8, 4) is 0 Å². The number of aliphatic imine (C=N–C) groups is 2. The molecule has 33 heavy (non-hydrogen) atoms. The normalized spacial score (nSPS) is 21.7. The first-order valence-corrected chi connectivity index (χ1v) is 11.3. The van der Waals surface area contributed by atoms with Crippen molar-refractivity contribution in [2.24, 2.45) is 15.1 Å².